The summed E-state index contributed by atoms with van der Waals surface area (Å²) >= 11 is 0. The van der Waals surface area contributed by atoms with E-state index in [1.165, 1.54) is 0 Å². The molecule has 0 saturated heterocycles. The van der Waals surface area contributed by atoms with Gasteiger partial charge >= 0.3 is 11.9 Å². The van der Waals surface area contributed by atoms with E-state index in [0.29, 0.717) is 12.8 Å². The number of carbonyl (C=O) groups is 2. The fraction of sp³-hybridized carbons (Fsp3) is 0.308. The summed E-state index contributed by atoms with van der Waals surface area (Å²) in [6.45, 7) is 0. The number of carboxylic acids is 2. The molecule has 2 aromatic heterocycles. The van der Waals surface area contributed by atoms with Gasteiger partial charge in [-0.1, -0.05) is 36.4 Å². The van der Waals surface area contributed by atoms with E-state index in [0.717, 1.165) is 32.9 Å². The molecule has 2 heterocycles. The molecule has 4 rings (SSSR count). The van der Waals surface area contributed by atoms with Crippen LogP contribution in [0.3, 0.4) is 0 Å². The second-order valence-electron chi connectivity index (χ2n) is 8.79. The second-order valence-corrected chi connectivity index (χ2v) is 11.9. The third kappa shape index (κ3) is 12.4. The highest BCUT2D eigenvalue weighted by molar-refractivity contribution is 7.86. The number of para-hydroxylation sites is 2. The number of benzene rings is 2. The van der Waals surface area contributed by atoms with Crippen LogP contribution < -0.4 is 0 Å². The molecule has 2 aromatic carbocycles. The van der Waals surface area contributed by atoms with Crippen molar-refractivity contribution in [2.45, 2.75) is 38.5 Å². The highest BCUT2D eigenvalue weighted by Crippen LogP contribution is 2.19. The number of aryl methyl sites for hydroxylation is 2. The first kappa shape index (κ1) is 32.5. The molecule has 6 N–H and O–H groups in total. The Morgan fingerprint density at radius 2 is 0.975 bits per heavy atom. The summed E-state index contributed by atoms with van der Waals surface area (Å²) in [7, 11) is -8.04. The van der Waals surface area contributed by atoms with Crippen LogP contribution in [0.4, 0.5) is 0 Å². The second kappa shape index (κ2) is 15.2. The molecule has 0 radical (unpaired) electrons. The van der Waals surface area contributed by atoms with E-state index in [9.17, 15) is 26.4 Å². The number of aromatic amines is 2. The summed E-state index contributed by atoms with van der Waals surface area (Å²) in [5, 5.41) is 19.4. The zero-order valence-corrected chi connectivity index (χ0v) is 23.1. The number of hydrogen-bond donors (Lipinski definition) is 6. The summed E-state index contributed by atoms with van der Waals surface area (Å²) in [5.74, 6) is -2.48. The van der Waals surface area contributed by atoms with E-state index in [-0.39, 0.29) is 25.7 Å². The van der Waals surface area contributed by atoms with E-state index in [4.69, 9.17) is 19.3 Å². The van der Waals surface area contributed by atoms with Crippen molar-refractivity contribution >= 4 is 54.0 Å². The van der Waals surface area contributed by atoms with Crippen LogP contribution in [0.15, 0.2) is 60.9 Å². The topological polar surface area (TPSA) is 215 Å². The molecule has 0 bridgehead atoms. The minimum atomic E-state index is -4.02. The van der Waals surface area contributed by atoms with E-state index in [1.807, 2.05) is 60.9 Å². The van der Waals surface area contributed by atoms with Crippen LogP contribution in [0.25, 0.3) is 21.8 Å². The van der Waals surface area contributed by atoms with E-state index in [1.54, 1.807) is 0 Å². The number of hydrogen-bond acceptors (Lipinski definition) is 6. The van der Waals surface area contributed by atoms with Gasteiger partial charge < -0.3 is 20.2 Å². The quantitative estimate of drug-likeness (QED) is 0.108. The van der Waals surface area contributed by atoms with Crippen LogP contribution in [0.5, 0.6) is 0 Å². The standard InChI is InChI=1S/2C11H11NO2.C4H10O6S2/c2*13-11(14)6-5-8-7-12-10-4-2-1-3-9(8)10;5-11(6,7)3-1-2-4-12(8,9)10/h2*1-4,7,12H,5-6H2,(H,13,14);1-4H2,(H,5,6,7)(H,8,9,10). The molecule has 0 aliphatic rings. The fourth-order valence-corrected chi connectivity index (χ4v) is 4.87. The summed E-state index contributed by atoms with van der Waals surface area (Å²) < 4.78 is 56.8. The molecule has 40 heavy (non-hydrogen) atoms. The molecular formula is C26H32N2O10S2. The Morgan fingerprint density at radius 3 is 1.30 bits per heavy atom. The van der Waals surface area contributed by atoms with Crippen molar-refractivity contribution in [3.8, 4) is 0 Å². The molecule has 0 saturated carbocycles. The Labute approximate surface area is 231 Å². The van der Waals surface area contributed by atoms with Gasteiger partial charge in [0.25, 0.3) is 20.2 Å². The summed E-state index contributed by atoms with van der Waals surface area (Å²) in [6, 6.07) is 15.8. The number of nitrogens with one attached hydrogen (secondary N) is 2. The van der Waals surface area contributed by atoms with Crippen molar-refractivity contribution in [3.05, 3.63) is 72.1 Å². The number of carboxylic acid groups (broad SMARTS) is 2. The van der Waals surface area contributed by atoms with Crippen LogP contribution in [0.2, 0.25) is 0 Å². The average Bonchev–Trinajstić information content (AvgIpc) is 3.48. The molecular weight excluding hydrogens is 564 g/mol. The van der Waals surface area contributed by atoms with Gasteiger partial charge in [0.2, 0.25) is 0 Å². The molecule has 0 amide bonds. The van der Waals surface area contributed by atoms with Crippen molar-refractivity contribution in [2.24, 2.45) is 0 Å². The molecule has 0 spiro atoms. The van der Waals surface area contributed by atoms with Crippen LogP contribution in [0.1, 0.15) is 36.8 Å². The van der Waals surface area contributed by atoms with Crippen molar-refractivity contribution in [3.63, 3.8) is 0 Å². The van der Waals surface area contributed by atoms with Gasteiger partial charge in [-0.15, -0.1) is 0 Å². The smallest absolute Gasteiger partial charge is 0.303 e. The first-order chi connectivity index (χ1) is 18.7. The minimum absolute atomic E-state index is 0.0125. The zero-order chi connectivity index (χ0) is 29.8. The highest BCUT2D eigenvalue weighted by atomic mass is 32.2. The van der Waals surface area contributed by atoms with Crippen molar-refractivity contribution in [1.29, 1.82) is 0 Å². The normalized spacial score (nSPS) is 11.3. The fourth-order valence-electron chi connectivity index (χ4n) is 3.73. The lowest BCUT2D eigenvalue weighted by Crippen LogP contribution is -2.08. The maximum Gasteiger partial charge on any atom is 0.303 e. The summed E-state index contributed by atoms with van der Waals surface area (Å²) in [6.07, 6.45) is 5.32. The first-order valence-corrected chi connectivity index (χ1v) is 15.4. The molecule has 0 aliphatic carbocycles. The van der Waals surface area contributed by atoms with Crippen molar-refractivity contribution < 1.29 is 45.7 Å². The number of rotatable bonds is 11. The molecule has 0 unspecified atom stereocenters. The van der Waals surface area contributed by atoms with Gasteiger partial charge in [-0.25, -0.2) is 0 Å². The third-order valence-electron chi connectivity index (χ3n) is 5.62. The largest absolute Gasteiger partial charge is 0.481 e. The lowest BCUT2D eigenvalue weighted by Gasteiger charge is -1.96. The molecule has 0 atom stereocenters. The average molecular weight is 597 g/mol. The molecule has 14 heteroatoms. The Kier molecular flexibility index (Phi) is 12.3. The minimum Gasteiger partial charge on any atom is -0.481 e. The Hall–Kier alpha value is -3.72. The Balaban J connectivity index is 0.000000211. The molecule has 12 nitrogen and oxygen atoms in total. The number of aromatic nitrogens is 2. The molecule has 0 aliphatic heterocycles. The van der Waals surface area contributed by atoms with Crippen LogP contribution in [-0.4, -0.2) is 69.6 Å². The van der Waals surface area contributed by atoms with Gasteiger partial charge in [0.15, 0.2) is 0 Å². The maximum atomic E-state index is 10.4. The van der Waals surface area contributed by atoms with Gasteiger partial charge in [0, 0.05) is 47.0 Å². The monoisotopic (exact) mass is 596 g/mol. The number of H-pyrrole nitrogens is 2. The number of fused-ring (bicyclic) bond motifs is 2. The van der Waals surface area contributed by atoms with Crippen LogP contribution >= 0.6 is 0 Å². The van der Waals surface area contributed by atoms with Crippen molar-refractivity contribution in [2.75, 3.05) is 11.5 Å². The summed E-state index contributed by atoms with van der Waals surface area (Å²) in [5.41, 5.74) is 4.27. The predicted octanol–water partition coefficient (Wildman–Crippen LogP) is 3.91. The number of unbranched alkanes of at least 4 members (excludes halogenated alkanes) is 1. The van der Waals surface area contributed by atoms with Gasteiger partial charge in [0.1, 0.15) is 0 Å². The molecule has 4 aromatic rings. The Morgan fingerprint density at radius 1 is 0.625 bits per heavy atom. The number of aliphatic carboxylic acids is 2. The first-order valence-electron chi connectivity index (χ1n) is 12.2. The van der Waals surface area contributed by atoms with E-state index < -0.39 is 43.7 Å². The SMILES string of the molecule is O=C(O)CCc1c[nH]c2ccccc12.O=C(O)CCc1c[nH]c2ccccc12.O=S(=O)(O)CCCCS(=O)(=O)O. The molecule has 0 fully saturated rings. The lowest BCUT2D eigenvalue weighted by atomic mass is 10.1. The summed E-state index contributed by atoms with van der Waals surface area (Å²) in [4.78, 5) is 27.1. The van der Waals surface area contributed by atoms with Gasteiger partial charge in [-0.3, -0.25) is 18.7 Å². The predicted molar refractivity (Wildman–Crippen MR) is 151 cm³/mol. The highest BCUT2D eigenvalue weighted by Gasteiger charge is 2.08. The lowest BCUT2D eigenvalue weighted by molar-refractivity contribution is -0.138. The van der Waals surface area contributed by atoms with Crippen molar-refractivity contribution in [1.82, 2.24) is 9.97 Å². The van der Waals surface area contributed by atoms with Crippen LogP contribution in [0, 0.1) is 0 Å². The van der Waals surface area contributed by atoms with E-state index in [2.05, 4.69) is 9.97 Å². The third-order valence-corrected chi connectivity index (χ3v) is 7.23. The zero-order valence-electron chi connectivity index (χ0n) is 21.5. The van der Waals surface area contributed by atoms with Gasteiger partial charge in [0.05, 0.1) is 11.5 Å². The van der Waals surface area contributed by atoms with E-state index >= 15 is 0 Å². The van der Waals surface area contributed by atoms with Gasteiger partial charge in [-0.05, 0) is 48.9 Å². The van der Waals surface area contributed by atoms with Gasteiger partial charge in [-0.2, -0.15) is 16.8 Å². The maximum absolute atomic E-state index is 10.4. The Bertz CT molecular complexity index is 1500. The molecule has 218 valence electrons. The van der Waals surface area contributed by atoms with Crippen LogP contribution in [-0.2, 0) is 42.7 Å².